The molecule has 1 N–H and O–H groups in total. The summed E-state index contributed by atoms with van der Waals surface area (Å²) in [6.07, 6.45) is 13.1. The molecule has 4 aliphatic carbocycles. The fraction of sp³-hybridized carbons (Fsp3) is 0.857. The van der Waals surface area contributed by atoms with Crippen LogP contribution in [0.2, 0.25) is 0 Å². The quantitative estimate of drug-likeness (QED) is 0.714. The summed E-state index contributed by atoms with van der Waals surface area (Å²) in [6, 6.07) is 0. The van der Waals surface area contributed by atoms with E-state index in [2.05, 4.69) is 19.9 Å². The molecule has 23 heavy (non-hydrogen) atoms. The Balaban J connectivity index is 1.71. The van der Waals surface area contributed by atoms with E-state index in [-0.39, 0.29) is 11.2 Å². The molecule has 3 fully saturated rings. The molecule has 0 radical (unpaired) electrons. The second-order valence-electron chi connectivity index (χ2n) is 9.38. The summed E-state index contributed by atoms with van der Waals surface area (Å²) in [6.45, 7) is 6.33. The zero-order valence-corrected chi connectivity index (χ0v) is 15.0. The van der Waals surface area contributed by atoms with E-state index in [4.69, 9.17) is 0 Å². The number of Topliss-reactive ketones (excluding diaryl/α,β-unsaturated/α-hetero) is 1. The van der Waals surface area contributed by atoms with Crippen molar-refractivity contribution in [2.75, 3.05) is 0 Å². The van der Waals surface area contributed by atoms with Gasteiger partial charge in [-0.05, 0) is 81.5 Å². The summed E-state index contributed by atoms with van der Waals surface area (Å²) in [5.41, 5.74) is 0.865. The molecule has 0 saturated heterocycles. The second kappa shape index (κ2) is 4.94. The number of hydrogen-bond donors (Lipinski definition) is 1. The lowest BCUT2D eigenvalue weighted by molar-refractivity contribution is -0.158. The third kappa shape index (κ3) is 1.88. The Morgan fingerprint density at radius 3 is 2.61 bits per heavy atom. The van der Waals surface area contributed by atoms with Gasteiger partial charge in [-0.15, -0.1) is 0 Å². The summed E-state index contributed by atoms with van der Waals surface area (Å²) in [5.74, 6) is 1.97. The highest BCUT2D eigenvalue weighted by atomic mass is 16.3. The first-order valence-electron chi connectivity index (χ1n) is 9.76. The second-order valence-corrected chi connectivity index (χ2v) is 9.38. The third-order valence-corrected chi connectivity index (χ3v) is 8.75. The smallest absolute Gasteiger partial charge is 0.161 e. The van der Waals surface area contributed by atoms with Crippen LogP contribution >= 0.6 is 0 Å². The topological polar surface area (TPSA) is 37.3 Å². The Bertz CT molecular complexity index is 564. The fourth-order valence-corrected chi connectivity index (χ4v) is 7.29. The van der Waals surface area contributed by atoms with Crippen molar-refractivity contribution < 1.29 is 9.90 Å². The predicted octanol–water partition coefficient (Wildman–Crippen LogP) is 4.66. The zero-order valence-electron chi connectivity index (χ0n) is 15.0. The van der Waals surface area contributed by atoms with E-state index in [9.17, 15) is 9.90 Å². The van der Waals surface area contributed by atoms with Crippen LogP contribution in [-0.2, 0) is 4.79 Å². The highest BCUT2D eigenvalue weighted by Crippen LogP contribution is 2.67. The van der Waals surface area contributed by atoms with Crippen LogP contribution in [-0.4, -0.2) is 16.5 Å². The standard InChI is InChI=1S/C21H32O2/c1-14(22)21(23)13-10-18-16-8-7-15-6-4-5-11-19(15,2)17(16)9-12-20(18,21)3/h7,16-18,23H,4-6,8-13H2,1-3H3/t16-,17+,18+,19+,20+,21+/m1/s1. The van der Waals surface area contributed by atoms with Gasteiger partial charge in [0.2, 0.25) is 0 Å². The number of carbonyl (C=O) groups excluding carboxylic acids is 1. The summed E-state index contributed by atoms with van der Waals surface area (Å²) in [5, 5.41) is 11.1. The van der Waals surface area contributed by atoms with Gasteiger partial charge in [0.05, 0.1) is 0 Å². The van der Waals surface area contributed by atoms with Crippen LogP contribution in [0.4, 0.5) is 0 Å². The average Bonchev–Trinajstić information content (AvgIpc) is 2.80. The van der Waals surface area contributed by atoms with Crippen molar-refractivity contribution >= 4 is 5.78 Å². The van der Waals surface area contributed by atoms with Gasteiger partial charge in [-0.3, -0.25) is 4.79 Å². The van der Waals surface area contributed by atoms with Gasteiger partial charge in [-0.1, -0.05) is 31.9 Å². The summed E-state index contributed by atoms with van der Waals surface area (Å²) >= 11 is 0. The first-order valence-corrected chi connectivity index (χ1v) is 9.76. The van der Waals surface area contributed by atoms with Crippen molar-refractivity contribution in [3.05, 3.63) is 11.6 Å². The Hall–Kier alpha value is -0.630. The molecule has 0 aromatic carbocycles. The summed E-state index contributed by atoms with van der Waals surface area (Å²) in [7, 11) is 0. The van der Waals surface area contributed by atoms with Crippen molar-refractivity contribution in [3.63, 3.8) is 0 Å². The molecule has 0 spiro atoms. The Labute approximate surface area is 140 Å². The lowest BCUT2D eigenvalue weighted by Gasteiger charge is -2.58. The van der Waals surface area contributed by atoms with E-state index in [1.165, 1.54) is 38.5 Å². The van der Waals surface area contributed by atoms with Crippen LogP contribution in [0.1, 0.15) is 78.6 Å². The van der Waals surface area contributed by atoms with Gasteiger partial charge >= 0.3 is 0 Å². The Morgan fingerprint density at radius 2 is 1.87 bits per heavy atom. The molecule has 0 aliphatic heterocycles. The number of hydrogen-bond acceptors (Lipinski definition) is 2. The molecule has 0 amide bonds. The molecular formula is C21H32O2. The van der Waals surface area contributed by atoms with Crippen molar-refractivity contribution in [3.8, 4) is 0 Å². The maximum absolute atomic E-state index is 12.2. The first-order chi connectivity index (χ1) is 10.8. The van der Waals surface area contributed by atoms with Crippen LogP contribution in [0.15, 0.2) is 11.6 Å². The predicted molar refractivity (Wildman–Crippen MR) is 92.0 cm³/mol. The number of carbonyl (C=O) groups is 1. The minimum Gasteiger partial charge on any atom is -0.382 e. The van der Waals surface area contributed by atoms with Gasteiger partial charge in [0.25, 0.3) is 0 Å². The lowest BCUT2D eigenvalue weighted by Crippen LogP contribution is -2.56. The number of rotatable bonds is 1. The van der Waals surface area contributed by atoms with E-state index in [1.807, 2.05) is 0 Å². The van der Waals surface area contributed by atoms with E-state index >= 15 is 0 Å². The van der Waals surface area contributed by atoms with Crippen molar-refractivity contribution in [2.45, 2.75) is 84.2 Å². The number of ketones is 1. The molecule has 0 bridgehead atoms. The van der Waals surface area contributed by atoms with Crippen LogP contribution < -0.4 is 0 Å². The van der Waals surface area contributed by atoms with Crippen LogP contribution in [0.25, 0.3) is 0 Å². The van der Waals surface area contributed by atoms with E-state index < -0.39 is 5.60 Å². The molecule has 128 valence electrons. The van der Waals surface area contributed by atoms with E-state index in [0.29, 0.717) is 23.7 Å². The maximum Gasteiger partial charge on any atom is 0.161 e. The highest BCUT2D eigenvalue weighted by Gasteiger charge is 2.65. The Morgan fingerprint density at radius 1 is 1.13 bits per heavy atom. The van der Waals surface area contributed by atoms with Gasteiger partial charge in [-0.2, -0.15) is 0 Å². The van der Waals surface area contributed by atoms with Gasteiger partial charge in [0.15, 0.2) is 5.78 Å². The van der Waals surface area contributed by atoms with E-state index in [1.54, 1.807) is 12.5 Å². The van der Waals surface area contributed by atoms with Gasteiger partial charge in [-0.25, -0.2) is 0 Å². The normalized spacial score (nSPS) is 52.2. The molecule has 0 aromatic heterocycles. The SMILES string of the molecule is CC(=O)[C@@]1(O)CC[C@H]2[C@@H]3CC=C4CCCC[C@]4(C)[C@H]3CC[C@@]21C. The minimum absolute atomic E-state index is 0.00290. The zero-order chi connectivity index (χ0) is 16.5. The molecule has 0 heterocycles. The van der Waals surface area contributed by atoms with Gasteiger partial charge in [0, 0.05) is 5.41 Å². The first kappa shape index (κ1) is 15.9. The molecule has 3 saturated carbocycles. The van der Waals surface area contributed by atoms with Crippen LogP contribution in [0.3, 0.4) is 0 Å². The highest BCUT2D eigenvalue weighted by molar-refractivity contribution is 5.86. The Kier molecular flexibility index (Phi) is 3.41. The number of fused-ring (bicyclic) bond motifs is 5. The van der Waals surface area contributed by atoms with Crippen molar-refractivity contribution in [1.29, 1.82) is 0 Å². The number of aliphatic hydroxyl groups is 1. The summed E-state index contributed by atoms with van der Waals surface area (Å²) < 4.78 is 0. The minimum atomic E-state index is -1.07. The van der Waals surface area contributed by atoms with Crippen molar-refractivity contribution in [1.82, 2.24) is 0 Å². The molecule has 0 unspecified atom stereocenters. The monoisotopic (exact) mass is 316 g/mol. The van der Waals surface area contributed by atoms with Crippen molar-refractivity contribution in [2.24, 2.45) is 28.6 Å². The average molecular weight is 316 g/mol. The van der Waals surface area contributed by atoms with E-state index in [0.717, 1.165) is 18.8 Å². The van der Waals surface area contributed by atoms with Crippen LogP contribution in [0, 0.1) is 28.6 Å². The van der Waals surface area contributed by atoms with Gasteiger partial charge < -0.3 is 5.11 Å². The molecule has 0 aromatic rings. The van der Waals surface area contributed by atoms with Gasteiger partial charge in [0.1, 0.15) is 5.60 Å². The molecule has 2 heteroatoms. The molecule has 4 aliphatic rings. The lowest BCUT2D eigenvalue weighted by atomic mass is 9.47. The molecule has 4 rings (SSSR count). The fourth-order valence-electron chi connectivity index (χ4n) is 7.29. The molecular weight excluding hydrogens is 284 g/mol. The largest absolute Gasteiger partial charge is 0.382 e. The molecule has 2 nitrogen and oxygen atoms in total. The number of allylic oxidation sites excluding steroid dienone is 2. The molecule has 6 atom stereocenters. The summed E-state index contributed by atoms with van der Waals surface area (Å²) in [4.78, 5) is 12.2. The maximum atomic E-state index is 12.2. The van der Waals surface area contributed by atoms with Crippen LogP contribution in [0.5, 0.6) is 0 Å². The third-order valence-electron chi connectivity index (χ3n) is 8.75.